The van der Waals surface area contributed by atoms with Crippen LogP contribution in [-0.4, -0.2) is 37.3 Å². The van der Waals surface area contributed by atoms with Crippen LogP contribution in [0.2, 0.25) is 0 Å². The Balaban J connectivity index is 1.57. The number of carbonyl (C=O) groups is 1. The van der Waals surface area contributed by atoms with Crippen molar-refractivity contribution in [1.29, 1.82) is 0 Å². The smallest absolute Gasteiger partial charge is 0.313 e. The van der Waals surface area contributed by atoms with Crippen LogP contribution in [0.5, 0.6) is 0 Å². The highest BCUT2D eigenvalue weighted by molar-refractivity contribution is 5.77. The van der Waals surface area contributed by atoms with E-state index in [1.807, 2.05) is 49.4 Å². The minimum atomic E-state index is -0.333. The van der Waals surface area contributed by atoms with Crippen molar-refractivity contribution in [1.82, 2.24) is 4.98 Å². The molecule has 1 saturated heterocycles. The Hall–Kier alpha value is -2.40. The van der Waals surface area contributed by atoms with Crippen molar-refractivity contribution in [3.05, 3.63) is 59.8 Å². The van der Waals surface area contributed by atoms with E-state index in [1.165, 1.54) is 0 Å². The Bertz CT molecular complexity index is 652. The highest BCUT2D eigenvalue weighted by Gasteiger charge is 2.18. The molecule has 0 radical (unpaired) electrons. The first-order chi connectivity index (χ1) is 11.7. The van der Waals surface area contributed by atoms with Crippen LogP contribution in [0.4, 0.5) is 5.82 Å². The van der Waals surface area contributed by atoms with Gasteiger partial charge in [0.25, 0.3) is 0 Å². The lowest BCUT2D eigenvalue weighted by Gasteiger charge is -2.27. The number of hydrogen-bond acceptors (Lipinski definition) is 5. The molecule has 126 valence electrons. The maximum atomic E-state index is 12.2. The summed E-state index contributed by atoms with van der Waals surface area (Å²) in [6.45, 7) is 5.29. The van der Waals surface area contributed by atoms with E-state index in [0.717, 1.165) is 43.2 Å². The molecule has 24 heavy (non-hydrogen) atoms. The number of esters is 1. The Morgan fingerprint density at radius 1 is 1.21 bits per heavy atom. The van der Waals surface area contributed by atoms with Crippen molar-refractivity contribution < 1.29 is 14.3 Å². The van der Waals surface area contributed by atoms with Gasteiger partial charge in [-0.05, 0) is 24.1 Å². The second kappa shape index (κ2) is 7.93. The topological polar surface area (TPSA) is 51.7 Å². The number of pyridine rings is 1. The van der Waals surface area contributed by atoms with Crippen LogP contribution in [0.15, 0.2) is 48.7 Å². The molecule has 1 aliphatic heterocycles. The highest BCUT2D eigenvalue weighted by Crippen LogP contribution is 2.20. The Morgan fingerprint density at radius 2 is 1.96 bits per heavy atom. The zero-order chi connectivity index (χ0) is 16.8. The molecule has 5 heteroatoms. The first kappa shape index (κ1) is 16.5. The molecule has 1 aromatic heterocycles. The molecule has 0 aliphatic carbocycles. The fourth-order valence-corrected chi connectivity index (χ4v) is 2.62. The molecule has 5 nitrogen and oxygen atoms in total. The molecule has 1 unspecified atom stereocenters. The van der Waals surface area contributed by atoms with Crippen LogP contribution < -0.4 is 4.90 Å². The van der Waals surface area contributed by atoms with E-state index in [9.17, 15) is 4.79 Å². The van der Waals surface area contributed by atoms with Crippen LogP contribution in [0.1, 0.15) is 24.0 Å². The van der Waals surface area contributed by atoms with Gasteiger partial charge in [-0.25, -0.2) is 4.98 Å². The third-order valence-electron chi connectivity index (χ3n) is 4.18. The maximum Gasteiger partial charge on any atom is 0.313 e. The molecule has 1 aliphatic rings. The van der Waals surface area contributed by atoms with Gasteiger partial charge in [-0.3, -0.25) is 4.79 Å². The maximum absolute atomic E-state index is 12.2. The summed E-state index contributed by atoms with van der Waals surface area (Å²) in [6.07, 6.45) is 1.76. The van der Waals surface area contributed by atoms with Gasteiger partial charge in [0.15, 0.2) is 0 Å². The SMILES string of the molecule is CC(C(=O)OCc1ccccc1)c1ccc(N2CCOCC2)nc1. The number of nitrogens with zero attached hydrogens (tertiary/aromatic N) is 2. The molecule has 3 rings (SSSR count). The predicted octanol–water partition coefficient (Wildman–Crippen LogP) is 2.77. The van der Waals surface area contributed by atoms with Crippen LogP contribution in [-0.2, 0) is 20.9 Å². The molecule has 0 spiro atoms. The summed E-state index contributed by atoms with van der Waals surface area (Å²) >= 11 is 0. The van der Waals surface area contributed by atoms with Gasteiger partial charge in [-0.2, -0.15) is 0 Å². The number of hydrogen-bond donors (Lipinski definition) is 0. The summed E-state index contributed by atoms with van der Waals surface area (Å²) in [5.74, 6) is 0.353. The Labute approximate surface area is 142 Å². The van der Waals surface area contributed by atoms with E-state index in [1.54, 1.807) is 6.20 Å². The van der Waals surface area contributed by atoms with Gasteiger partial charge >= 0.3 is 5.97 Å². The molecule has 1 aromatic carbocycles. The van der Waals surface area contributed by atoms with Gasteiger partial charge in [0.05, 0.1) is 19.1 Å². The number of anilines is 1. The minimum absolute atomic E-state index is 0.236. The van der Waals surface area contributed by atoms with Crippen molar-refractivity contribution >= 4 is 11.8 Å². The number of ether oxygens (including phenoxy) is 2. The monoisotopic (exact) mass is 326 g/mol. The van der Waals surface area contributed by atoms with Crippen LogP contribution in [0, 0.1) is 0 Å². The second-order valence-corrected chi connectivity index (χ2v) is 5.86. The lowest BCUT2D eigenvalue weighted by atomic mass is 10.0. The second-order valence-electron chi connectivity index (χ2n) is 5.86. The Kier molecular flexibility index (Phi) is 5.43. The molecule has 2 aromatic rings. The lowest BCUT2D eigenvalue weighted by Crippen LogP contribution is -2.36. The lowest BCUT2D eigenvalue weighted by molar-refractivity contribution is -0.146. The molecule has 0 saturated carbocycles. The predicted molar refractivity (Wildman–Crippen MR) is 91.9 cm³/mol. The van der Waals surface area contributed by atoms with E-state index in [4.69, 9.17) is 9.47 Å². The number of rotatable bonds is 5. The summed E-state index contributed by atoms with van der Waals surface area (Å²) in [5.41, 5.74) is 1.85. The van der Waals surface area contributed by atoms with E-state index < -0.39 is 0 Å². The van der Waals surface area contributed by atoms with Gasteiger partial charge < -0.3 is 14.4 Å². The van der Waals surface area contributed by atoms with Crippen molar-refractivity contribution in [2.75, 3.05) is 31.2 Å². The molecule has 1 atom stereocenters. The van der Waals surface area contributed by atoms with Crippen molar-refractivity contribution in [3.8, 4) is 0 Å². The van der Waals surface area contributed by atoms with Crippen molar-refractivity contribution in [2.24, 2.45) is 0 Å². The van der Waals surface area contributed by atoms with Crippen LogP contribution in [0.25, 0.3) is 0 Å². The molecule has 0 amide bonds. The van der Waals surface area contributed by atoms with E-state index >= 15 is 0 Å². The minimum Gasteiger partial charge on any atom is -0.460 e. The van der Waals surface area contributed by atoms with E-state index in [-0.39, 0.29) is 11.9 Å². The summed E-state index contributed by atoms with van der Waals surface area (Å²) in [5, 5.41) is 0. The molecule has 1 fully saturated rings. The fraction of sp³-hybridized carbons (Fsp3) is 0.368. The van der Waals surface area contributed by atoms with Crippen molar-refractivity contribution in [3.63, 3.8) is 0 Å². The molecular formula is C19H22N2O3. The number of morpholine rings is 1. The van der Waals surface area contributed by atoms with Crippen molar-refractivity contribution in [2.45, 2.75) is 19.4 Å². The zero-order valence-electron chi connectivity index (χ0n) is 13.9. The van der Waals surface area contributed by atoms with Gasteiger partial charge in [-0.15, -0.1) is 0 Å². The largest absolute Gasteiger partial charge is 0.460 e. The summed E-state index contributed by atoms with van der Waals surface area (Å²) in [6, 6.07) is 13.6. The van der Waals surface area contributed by atoms with Gasteiger partial charge in [0.2, 0.25) is 0 Å². The first-order valence-corrected chi connectivity index (χ1v) is 8.23. The van der Waals surface area contributed by atoms with Crippen LogP contribution in [0.3, 0.4) is 0 Å². The van der Waals surface area contributed by atoms with Crippen LogP contribution >= 0.6 is 0 Å². The number of aromatic nitrogens is 1. The van der Waals surface area contributed by atoms with E-state index in [0.29, 0.717) is 6.61 Å². The third kappa shape index (κ3) is 4.11. The highest BCUT2D eigenvalue weighted by atomic mass is 16.5. The first-order valence-electron chi connectivity index (χ1n) is 8.23. The molecular weight excluding hydrogens is 304 g/mol. The summed E-state index contributed by atoms with van der Waals surface area (Å²) in [7, 11) is 0. The number of carbonyl (C=O) groups excluding carboxylic acids is 1. The molecule has 2 heterocycles. The van der Waals surface area contributed by atoms with Gasteiger partial charge in [-0.1, -0.05) is 36.4 Å². The fourth-order valence-electron chi connectivity index (χ4n) is 2.62. The van der Waals surface area contributed by atoms with Gasteiger partial charge in [0, 0.05) is 19.3 Å². The number of benzene rings is 1. The summed E-state index contributed by atoms with van der Waals surface area (Å²) < 4.78 is 10.7. The average molecular weight is 326 g/mol. The molecule has 0 bridgehead atoms. The average Bonchev–Trinajstić information content (AvgIpc) is 2.67. The van der Waals surface area contributed by atoms with E-state index in [2.05, 4.69) is 9.88 Å². The Morgan fingerprint density at radius 3 is 2.62 bits per heavy atom. The molecule has 0 N–H and O–H groups in total. The third-order valence-corrected chi connectivity index (χ3v) is 4.18. The van der Waals surface area contributed by atoms with Gasteiger partial charge in [0.1, 0.15) is 12.4 Å². The zero-order valence-corrected chi connectivity index (χ0v) is 13.9. The normalized spacial score (nSPS) is 15.8. The quantitative estimate of drug-likeness (QED) is 0.791. The standard InChI is InChI=1S/C19H22N2O3/c1-15(19(22)24-14-16-5-3-2-4-6-16)17-7-8-18(20-13-17)21-9-11-23-12-10-21/h2-8,13,15H,9-12,14H2,1H3. The summed E-state index contributed by atoms with van der Waals surface area (Å²) in [4.78, 5) is 18.9.